The highest BCUT2D eigenvalue weighted by atomic mass is 16.3. The minimum atomic E-state index is -0.361. The van der Waals surface area contributed by atoms with E-state index in [1.807, 2.05) is 13.8 Å². The first-order valence-electron chi connectivity index (χ1n) is 6.73. The molecule has 3 aromatic rings. The lowest BCUT2D eigenvalue weighted by Gasteiger charge is -2.08. The summed E-state index contributed by atoms with van der Waals surface area (Å²) < 4.78 is 1.65. The fourth-order valence-electron chi connectivity index (χ4n) is 2.42. The monoisotopic (exact) mass is 297 g/mol. The predicted molar refractivity (Wildman–Crippen MR) is 81.8 cm³/mol. The summed E-state index contributed by atoms with van der Waals surface area (Å²) in [4.78, 5) is 20.9. The van der Waals surface area contributed by atoms with Gasteiger partial charge in [-0.05, 0) is 32.0 Å². The Labute approximate surface area is 126 Å². The maximum Gasteiger partial charge on any atom is 0.257 e. The van der Waals surface area contributed by atoms with Crippen LogP contribution in [0.1, 0.15) is 21.7 Å². The number of nitrogens with zero attached hydrogens (tertiary/aromatic N) is 4. The molecule has 0 aliphatic rings. The van der Waals surface area contributed by atoms with Gasteiger partial charge in [-0.2, -0.15) is 5.10 Å². The maximum atomic E-state index is 12.6. The molecule has 0 aromatic carbocycles. The third-order valence-electron chi connectivity index (χ3n) is 3.36. The number of anilines is 1. The zero-order valence-corrected chi connectivity index (χ0v) is 12.5. The van der Waals surface area contributed by atoms with Gasteiger partial charge in [0.15, 0.2) is 17.2 Å². The zero-order valence-electron chi connectivity index (χ0n) is 12.5. The number of hydrogen-bond donors (Lipinski definition) is 2. The first kappa shape index (κ1) is 14.0. The lowest BCUT2D eigenvalue weighted by molar-refractivity contribution is 0.102. The van der Waals surface area contributed by atoms with Gasteiger partial charge in [0, 0.05) is 18.9 Å². The van der Waals surface area contributed by atoms with Crippen LogP contribution in [-0.4, -0.2) is 30.8 Å². The van der Waals surface area contributed by atoms with E-state index in [0.717, 1.165) is 5.69 Å². The fourth-order valence-corrected chi connectivity index (χ4v) is 2.42. The van der Waals surface area contributed by atoms with E-state index < -0.39 is 0 Å². The van der Waals surface area contributed by atoms with Crippen LogP contribution in [0.3, 0.4) is 0 Å². The van der Waals surface area contributed by atoms with Crippen LogP contribution in [-0.2, 0) is 7.05 Å². The molecule has 3 rings (SSSR count). The molecule has 0 saturated heterocycles. The van der Waals surface area contributed by atoms with E-state index in [1.54, 1.807) is 23.9 Å². The number of rotatable bonds is 2. The van der Waals surface area contributed by atoms with Crippen molar-refractivity contribution in [3.8, 4) is 5.75 Å². The van der Waals surface area contributed by atoms with Gasteiger partial charge in [0.1, 0.15) is 0 Å². The van der Waals surface area contributed by atoms with Crippen molar-refractivity contribution in [2.75, 3.05) is 5.32 Å². The molecule has 22 heavy (non-hydrogen) atoms. The minimum Gasteiger partial charge on any atom is -0.504 e. The molecule has 0 spiro atoms. The highest BCUT2D eigenvalue weighted by Crippen LogP contribution is 2.24. The zero-order chi connectivity index (χ0) is 15.9. The summed E-state index contributed by atoms with van der Waals surface area (Å²) in [6.45, 7) is 3.64. The maximum absolute atomic E-state index is 12.6. The second kappa shape index (κ2) is 5.10. The Morgan fingerprint density at radius 1 is 1.36 bits per heavy atom. The number of fused-ring (bicyclic) bond motifs is 1. The summed E-state index contributed by atoms with van der Waals surface area (Å²) in [6, 6.07) is 4.75. The Hall–Kier alpha value is -2.96. The standard InChI is InChI=1S/C15H15N5O2/c1-8-7-10(12-9(2)19-20(3)14(12)17-8)15(22)18-13-11(21)5-4-6-16-13/h4-7,21H,1-3H3,(H,16,18,22). The lowest BCUT2D eigenvalue weighted by atomic mass is 10.1. The van der Waals surface area contributed by atoms with Crippen molar-refractivity contribution in [2.24, 2.45) is 7.05 Å². The third kappa shape index (κ3) is 2.26. The van der Waals surface area contributed by atoms with Gasteiger partial charge in [-0.25, -0.2) is 9.97 Å². The van der Waals surface area contributed by atoms with Crippen molar-refractivity contribution in [1.29, 1.82) is 0 Å². The average Bonchev–Trinajstić information content (AvgIpc) is 2.75. The van der Waals surface area contributed by atoms with Gasteiger partial charge in [-0.1, -0.05) is 0 Å². The van der Waals surface area contributed by atoms with E-state index in [2.05, 4.69) is 20.4 Å². The number of aromatic nitrogens is 4. The summed E-state index contributed by atoms with van der Waals surface area (Å²) in [5, 5.41) is 17.3. The highest BCUT2D eigenvalue weighted by Gasteiger charge is 2.18. The SMILES string of the molecule is Cc1cc(C(=O)Nc2ncccc2O)c2c(C)nn(C)c2n1. The van der Waals surface area contributed by atoms with Gasteiger partial charge < -0.3 is 10.4 Å². The lowest BCUT2D eigenvalue weighted by Crippen LogP contribution is -2.14. The van der Waals surface area contributed by atoms with Crippen LogP contribution in [0.4, 0.5) is 5.82 Å². The van der Waals surface area contributed by atoms with Crippen LogP contribution < -0.4 is 5.32 Å². The number of nitrogens with one attached hydrogen (secondary N) is 1. The molecule has 7 heteroatoms. The second-order valence-corrected chi connectivity index (χ2v) is 5.04. The molecule has 7 nitrogen and oxygen atoms in total. The van der Waals surface area contributed by atoms with Crippen LogP contribution in [0.5, 0.6) is 5.75 Å². The van der Waals surface area contributed by atoms with Crippen molar-refractivity contribution in [2.45, 2.75) is 13.8 Å². The smallest absolute Gasteiger partial charge is 0.257 e. The van der Waals surface area contributed by atoms with Crippen molar-refractivity contribution in [1.82, 2.24) is 19.7 Å². The Balaban J connectivity index is 2.10. The molecule has 0 radical (unpaired) electrons. The van der Waals surface area contributed by atoms with Gasteiger partial charge >= 0.3 is 0 Å². The number of aryl methyl sites for hydroxylation is 3. The molecule has 0 aliphatic heterocycles. The molecule has 0 saturated carbocycles. The molecule has 2 N–H and O–H groups in total. The van der Waals surface area contributed by atoms with E-state index in [9.17, 15) is 9.90 Å². The van der Waals surface area contributed by atoms with E-state index in [4.69, 9.17) is 0 Å². The molecule has 0 aliphatic carbocycles. The Morgan fingerprint density at radius 3 is 2.86 bits per heavy atom. The number of aromatic hydroxyl groups is 1. The molecular formula is C15H15N5O2. The first-order chi connectivity index (χ1) is 10.5. The van der Waals surface area contributed by atoms with Crippen LogP contribution in [0.2, 0.25) is 0 Å². The third-order valence-corrected chi connectivity index (χ3v) is 3.36. The van der Waals surface area contributed by atoms with Crippen LogP contribution in [0, 0.1) is 13.8 Å². The second-order valence-electron chi connectivity index (χ2n) is 5.04. The summed E-state index contributed by atoms with van der Waals surface area (Å²) in [5.74, 6) is -0.321. The number of carbonyl (C=O) groups is 1. The van der Waals surface area contributed by atoms with Gasteiger partial charge in [-0.3, -0.25) is 9.48 Å². The van der Waals surface area contributed by atoms with Crippen molar-refractivity contribution in [3.05, 3.63) is 41.3 Å². The first-order valence-corrected chi connectivity index (χ1v) is 6.73. The topological polar surface area (TPSA) is 92.9 Å². The number of carbonyl (C=O) groups excluding carboxylic acids is 1. The van der Waals surface area contributed by atoms with Gasteiger partial charge in [0.2, 0.25) is 0 Å². The molecule has 3 heterocycles. The van der Waals surface area contributed by atoms with E-state index >= 15 is 0 Å². The molecule has 3 aromatic heterocycles. The Bertz CT molecular complexity index is 885. The molecule has 0 atom stereocenters. The molecule has 112 valence electrons. The van der Waals surface area contributed by atoms with Gasteiger partial charge in [-0.15, -0.1) is 0 Å². The molecule has 1 amide bonds. The predicted octanol–water partition coefficient (Wildman–Crippen LogP) is 1.94. The molecular weight excluding hydrogens is 282 g/mol. The van der Waals surface area contributed by atoms with Crippen LogP contribution >= 0.6 is 0 Å². The molecule has 0 unspecified atom stereocenters. The summed E-state index contributed by atoms with van der Waals surface area (Å²) in [7, 11) is 1.79. The fraction of sp³-hybridized carbons (Fsp3) is 0.200. The van der Waals surface area contributed by atoms with E-state index in [1.165, 1.54) is 12.3 Å². The van der Waals surface area contributed by atoms with E-state index in [0.29, 0.717) is 22.3 Å². The molecule has 0 fully saturated rings. The van der Waals surface area contributed by atoms with Gasteiger partial charge in [0.25, 0.3) is 5.91 Å². The largest absolute Gasteiger partial charge is 0.504 e. The van der Waals surface area contributed by atoms with Crippen LogP contribution in [0.15, 0.2) is 24.4 Å². The summed E-state index contributed by atoms with van der Waals surface area (Å²) in [5.41, 5.74) is 2.54. The van der Waals surface area contributed by atoms with Gasteiger partial charge in [0.05, 0.1) is 16.6 Å². The summed E-state index contributed by atoms with van der Waals surface area (Å²) in [6.07, 6.45) is 1.50. The highest BCUT2D eigenvalue weighted by molar-refractivity contribution is 6.12. The average molecular weight is 297 g/mol. The number of pyridine rings is 2. The van der Waals surface area contributed by atoms with Crippen molar-refractivity contribution >= 4 is 22.8 Å². The molecule has 0 bridgehead atoms. The number of hydrogen-bond acceptors (Lipinski definition) is 5. The minimum absolute atomic E-state index is 0.0826. The number of amides is 1. The van der Waals surface area contributed by atoms with E-state index in [-0.39, 0.29) is 17.5 Å². The van der Waals surface area contributed by atoms with Crippen molar-refractivity contribution in [3.63, 3.8) is 0 Å². The Morgan fingerprint density at radius 2 is 2.14 bits per heavy atom. The van der Waals surface area contributed by atoms with Crippen LogP contribution in [0.25, 0.3) is 11.0 Å². The quantitative estimate of drug-likeness (QED) is 0.754. The van der Waals surface area contributed by atoms with Crippen molar-refractivity contribution < 1.29 is 9.90 Å². The summed E-state index contributed by atoms with van der Waals surface area (Å²) >= 11 is 0. The Kier molecular flexibility index (Phi) is 3.25. The normalized spacial score (nSPS) is 10.9.